The molecule has 0 atom stereocenters. The van der Waals surface area contributed by atoms with Crippen LogP contribution in [0.1, 0.15) is 27.0 Å². The Kier molecular flexibility index (Phi) is 5.29. The van der Waals surface area contributed by atoms with E-state index in [1.807, 2.05) is 54.7 Å². The molecule has 0 radical (unpaired) electrons. The van der Waals surface area contributed by atoms with Crippen molar-refractivity contribution < 1.29 is 13.9 Å². The van der Waals surface area contributed by atoms with Crippen LogP contribution in [-0.4, -0.2) is 15.8 Å². The Morgan fingerprint density at radius 3 is 2.58 bits per heavy atom. The monoisotopic (exact) mass is 435 g/mol. The van der Waals surface area contributed by atoms with Gasteiger partial charge in [-0.25, -0.2) is 4.39 Å². The number of fused-ring (bicyclic) bond motifs is 1. The maximum absolute atomic E-state index is 14.3. The van der Waals surface area contributed by atoms with Gasteiger partial charge in [-0.15, -0.1) is 0 Å². The molecule has 0 N–H and O–H groups in total. The third kappa shape index (κ3) is 3.92. The molecule has 33 heavy (non-hydrogen) atoms. The zero-order valence-corrected chi connectivity index (χ0v) is 17.5. The van der Waals surface area contributed by atoms with Crippen molar-refractivity contribution in [2.24, 2.45) is 0 Å². The van der Waals surface area contributed by atoms with Crippen LogP contribution in [-0.2, 0) is 13.1 Å². The quantitative estimate of drug-likeness (QED) is 0.403. The molecular formula is C27H18FN3O2. The number of rotatable bonds is 5. The van der Waals surface area contributed by atoms with Gasteiger partial charge >= 0.3 is 0 Å². The van der Waals surface area contributed by atoms with Gasteiger partial charge in [-0.1, -0.05) is 48.5 Å². The van der Waals surface area contributed by atoms with Gasteiger partial charge in [0, 0.05) is 25.5 Å². The van der Waals surface area contributed by atoms with Crippen LogP contribution in [0.4, 0.5) is 4.39 Å². The van der Waals surface area contributed by atoms with Gasteiger partial charge < -0.3 is 9.64 Å². The summed E-state index contributed by atoms with van der Waals surface area (Å²) in [6.07, 6.45) is 3.55. The molecule has 1 aliphatic heterocycles. The number of hydrogen-bond acceptors (Lipinski definition) is 4. The average molecular weight is 435 g/mol. The van der Waals surface area contributed by atoms with E-state index < -0.39 is 5.82 Å². The standard InChI is InChI=1S/C27H18FN3O2/c28-23-7-1-4-20(14-29)26(23)33-24-8-2-5-22-17-31(27(32)25(22)24)16-18-9-11-19(12-10-18)21-6-3-13-30-15-21/h1-13,15H,16-17H2. The van der Waals surface area contributed by atoms with Crippen molar-refractivity contribution >= 4 is 5.91 Å². The van der Waals surface area contributed by atoms with E-state index in [2.05, 4.69) is 4.98 Å². The fraction of sp³-hybridized carbons (Fsp3) is 0.0741. The average Bonchev–Trinajstić information content (AvgIpc) is 3.17. The minimum absolute atomic E-state index is 0.0728. The van der Waals surface area contributed by atoms with Crippen molar-refractivity contribution in [1.82, 2.24) is 9.88 Å². The maximum atomic E-state index is 14.3. The first-order valence-electron chi connectivity index (χ1n) is 10.4. The van der Waals surface area contributed by atoms with E-state index >= 15 is 0 Å². The molecule has 0 aliphatic carbocycles. The van der Waals surface area contributed by atoms with Gasteiger partial charge in [0.1, 0.15) is 11.8 Å². The molecule has 0 saturated carbocycles. The summed E-state index contributed by atoms with van der Waals surface area (Å²) in [6.45, 7) is 0.863. The van der Waals surface area contributed by atoms with Crippen LogP contribution in [0.3, 0.4) is 0 Å². The van der Waals surface area contributed by atoms with Crippen molar-refractivity contribution in [3.05, 3.63) is 113 Å². The van der Waals surface area contributed by atoms with E-state index in [0.717, 1.165) is 22.3 Å². The van der Waals surface area contributed by atoms with Gasteiger partial charge in [-0.3, -0.25) is 9.78 Å². The van der Waals surface area contributed by atoms with Crippen molar-refractivity contribution in [3.63, 3.8) is 0 Å². The van der Waals surface area contributed by atoms with Crippen molar-refractivity contribution in [3.8, 4) is 28.7 Å². The van der Waals surface area contributed by atoms with Crippen LogP contribution < -0.4 is 4.74 Å². The second kappa shape index (κ2) is 8.56. The van der Waals surface area contributed by atoms with Gasteiger partial charge in [0.25, 0.3) is 5.91 Å². The molecule has 2 heterocycles. The predicted octanol–water partition coefficient (Wildman–Crippen LogP) is 5.71. The van der Waals surface area contributed by atoms with E-state index in [0.29, 0.717) is 18.7 Å². The molecule has 0 spiro atoms. The Labute approximate surface area is 190 Å². The summed E-state index contributed by atoms with van der Waals surface area (Å²) in [6, 6.07) is 23.2. The van der Waals surface area contributed by atoms with Crippen LogP contribution in [0.2, 0.25) is 0 Å². The van der Waals surface area contributed by atoms with Crippen LogP contribution in [0.15, 0.2) is 85.2 Å². The number of para-hydroxylation sites is 1. The van der Waals surface area contributed by atoms with Gasteiger partial charge in [-0.05, 0) is 46.5 Å². The Bertz CT molecular complexity index is 1380. The third-order valence-corrected chi connectivity index (χ3v) is 5.60. The summed E-state index contributed by atoms with van der Waals surface area (Å²) in [5.74, 6) is -0.770. The minimum atomic E-state index is -0.650. The fourth-order valence-corrected chi connectivity index (χ4v) is 3.97. The highest BCUT2D eigenvalue weighted by molar-refractivity contribution is 6.01. The number of nitriles is 1. The molecule has 0 saturated heterocycles. The van der Waals surface area contributed by atoms with Crippen LogP contribution in [0.25, 0.3) is 11.1 Å². The summed E-state index contributed by atoms with van der Waals surface area (Å²) < 4.78 is 20.1. The first-order valence-corrected chi connectivity index (χ1v) is 10.4. The summed E-state index contributed by atoms with van der Waals surface area (Å²) in [7, 11) is 0. The Morgan fingerprint density at radius 1 is 1.00 bits per heavy atom. The molecule has 160 valence electrons. The lowest BCUT2D eigenvalue weighted by atomic mass is 10.1. The van der Waals surface area contributed by atoms with Crippen LogP contribution in [0, 0.1) is 17.1 Å². The van der Waals surface area contributed by atoms with Gasteiger partial charge in [0.05, 0.1) is 11.1 Å². The van der Waals surface area contributed by atoms with Gasteiger partial charge in [0.2, 0.25) is 0 Å². The van der Waals surface area contributed by atoms with Gasteiger partial charge in [-0.2, -0.15) is 5.26 Å². The zero-order chi connectivity index (χ0) is 22.8. The highest BCUT2D eigenvalue weighted by Gasteiger charge is 2.31. The summed E-state index contributed by atoms with van der Waals surface area (Å²) in [5.41, 5.74) is 4.35. The topological polar surface area (TPSA) is 66.2 Å². The van der Waals surface area contributed by atoms with E-state index in [1.54, 1.807) is 23.2 Å². The molecular weight excluding hydrogens is 417 g/mol. The maximum Gasteiger partial charge on any atom is 0.258 e. The lowest BCUT2D eigenvalue weighted by molar-refractivity contribution is 0.0765. The number of ether oxygens (including phenoxy) is 1. The largest absolute Gasteiger partial charge is 0.452 e. The highest BCUT2D eigenvalue weighted by Crippen LogP contribution is 2.36. The molecule has 5 rings (SSSR count). The Morgan fingerprint density at radius 2 is 1.82 bits per heavy atom. The number of benzene rings is 3. The van der Waals surface area contributed by atoms with E-state index in [1.165, 1.54) is 18.2 Å². The lowest BCUT2D eigenvalue weighted by Gasteiger charge is -2.16. The molecule has 4 aromatic rings. The van der Waals surface area contributed by atoms with Gasteiger partial charge in [0.15, 0.2) is 11.6 Å². The first kappa shape index (κ1) is 20.4. The number of carbonyl (C=O) groups excluding carboxylic acids is 1. The van der Waals surface area contributed by atoms with E-state index in [4.69, 9.17) is 4.74 Å². The number of aromatic nitrogens is 1. The second-order valence-corrected chi connectivity index (χ2v) is 7.72. The molecule has 1 amide bonds. The molecule has 0 bridgehead atoms. The zero-order valence-electron chi connectivity index (χ0n) is 17.5. The molecule has 6 heteroatoms. The second-order valence-electron chi connectivity index (χ2n) is 7.72. The summed E-state index contributed by atoms with van der Waals surface area (Å²) in [4.78, 5) is 19.1. The van der Waals surface area contributed by atoms with E-state index in [-0.39, 0.29) is 23.0 Å². The molecule has 1 aliphatic rings. The van der Waals surface area contributed by atoms with Crippen LogP contribution in [0.5, 0.6) is 11.5 Å². The van der Waals surface area contributed by atoms with Crippen molar-refractivity contribution in [2.45, 2.75) is 13.1 Å². The smallest absolute Gasteiger partial charge is 0.258 e. The minimum Gasteiger partial charge on any atom is -0.452 e. The number of hydrogen-bond donors (Lipinski definition) is 0. The molecule has 0 unspecified atom stereocenters. The van der Waals surface area contributed by atoms with Crippen molar-refractivity contribution in [2.75, 3.05) is 0 Å². The number of pyridine rings is 1. The Balaban J connectivity index is 1.38. The third-order valence-electron chi connectivity index (χ3n) is 5.60. The van der Waals surface area contributed by atoms with Crippen LogP contribution >= 0.6 is 0 Å². The Hall–Kier alpha value is -4.50. The highest BCUT2D eigenvalue weighted by atomic mass is 19.1. The number of amides is 1. The summed E-state index contributed by atoms with van der Waals surface area (Å²) >= 11 is 0. The first-order chi connectivity index (χ1) is 16.1. The molecule has 5 nitrogen and oxygen atoms in total. The molecule has 3 aromatic carbocycles. The number of nitrogens with zero attached hydrogens (tertiary/aromatic N) is 3. The lowest BCUT2D eigenvalue weighted by Crippen LogP contribution is -2.23. The normalized spacial score (nSPS) is 12.4. The SMILES string of the molecule is N#Cc1cccc(F)c1Oc1cccc2c1C(=O)N(Cc1ccc(-c3cccnc3)cc1)C2. The predicted molar refractivity (Wildman–Crippen MR) is 121 cm³/mol. The number of halogens is 1. The fourth-order valence-electron chi connectivity index (χ4n) is 3.97. The van der Waals surface area contributed by atoms with E-state index in [9.17, 15) is 14.4 Å². The summed E-state index contributed by atoms with van der Waals surface area (Å²) in [5, 5.41) is 9.29. The number of carbonyl (C=O) groups is 1. The molecule has 0 fully saturated rings. The van der Waals surface area contributed by atoms with Crippen molar-refractivity contribution in [1.29, 1.82) is 5.26 Å². The molecule has 1 aromatic heterocycles.